The number of rotatable bonds is 3. The molecule has 0 amide bonds. The fourth-order valence-corrected chi connectivity index (χ4v) is 2.70. The van der Waals surface area contributed by atoms with Gasteiger partial charge >= 0.3 is 12.1 Å². The van der Waals surface area contributed by atoms with Gasteiger partial charge in [0.05, 0.1) is 5.69 Å². The molecule has 0 bridgehead atoms. The number of benzene rings is 1. The molecule has 1 N–H and O–H groups in total. The van der Waals surface area contributed by atoms with E-state index < -0.39 is 17.8 Å². The number of hydrogen-bond acceptors (Lipinski definition) is 4. The van der Waals surface area contributed by atoms with E-state index in [-0.39, 0.29) is 16.5 Å². The SMILES string of the molecule is O=C(O)c1csc(-n2nc(-c3ccccc3)cc2C(F)(F)F)n1. The van der Waals surface area contributed by atoms with Crippen molar-refractivity contribution >= 4 is 17.3 Å². The van der Waals surface area contributed by atoms with Crippen LogP contribution in [0.3, 0.4) is 0 Å². The van der Waals surface area contributed by atoms with E-state index in [0.29, 0.717) is 10.2 Å². The highest BCUT2D eigenvalue weighted by Crippen LogP contribution is 2.34. The predicted octanol–water partition coefficient (Wildman–Crippen LogP) is 3.71. The van der Waals surface area contributed by atoms with E-state index in [1.807, 2.05) is 0 Å². The van der Waals surface area contributed by atoms with Crippen molar-refractivity contribution in [2.75, 3.05) is 0 Å². The lowest BCUT2D eigenvalue weighted by molar-refractivity contribution is -0.142. The molecule has 2 heterocycles. The van der Waals surface area contributed by atoms with E-state index in [4.69, 9.17) is 5.11 Å². The summed E-state index contributed by atoms with van der Waals surface area (Å²) in [6, 6.07) is 9.30. The molecule has 5 nitrogen and oxygen atoms in total. The molecule has 0 fully saturated rings. The van der Waals surface area contributed by atoms with Crippen molar-refractivity contribution in [2.45, 2.75) is 6.18 Å². The number of hydrogen-bond donors (Lipinski definition) is 1. The van der Waals surface area contributed by atoms with Crippen LogP contribution >= 0.6 is 11.3 Å². The van der Waals surface area contributed by atoms with Crippen LogP contribution in [0, 0.1) is 0 Å². The van der Waals surface area contributed by atoms with Crippen molar-refractivity contribution in [1.29, 1.82) is 0 Å². The van der Waals surface area contributed by atoms with E-state index in [1.165, 1.54) is 5.38 Å². The number of carboxylic acids is 1. The summed E-state index contributed by atoms with van der Waals surface area (Å²) < 4.78 is 40.3. The Balaban J connectivity index is 2.14. The molecule has 3 rings (SSSR count). The van der Waals surface area contributed by atoms with Crippen LogP contribution in [-0.2, 0) is 6.18 Å². The summed E-state index contributed by atoms with van der Waals surface area (Å²) in [6.45, 7) is 0. The molecule has 0 saturated heterocycles. The van der Waals surface area contributed by atoms with Crippen molar-refractivity contribution in [3.05, 3.63) is 53.2 Å². The van der Waals surface area contributed by atoms with E-state index in [0.717, 1.165) is 17.4 Å². The van der Waals surface area contributed by atoms with Gasteiger partial charge in [-0.05, 0) is 6.07 Å². The zero-order chi connectivity index (χ0) is 16.6. The third-order valence-electron chi connectivity index (χ3n) is 2.96. The monoisotopic (exact) mass is 339 g/mol. The number of carbonyl (C=O) groups is 1. The Bertz CT molecular complexity index is 856. The van der Waals surface area contributed by atoms with Crippen LogP contribution in [0.2, 0.25) is 0 Å². The molecule has 0 unspecified atom stereocenters. The first-order valence-corrected chi connectivity index (χ1v) is 7.16. The van der Waals surface area contributed by atoms with Crippen LogP contribution in [0.5, 0.6) is 0 Å². The van der Waals surface area contributed by atoms with Gasteiger partial charge in [-0.2, -0.15) is 18.3 Å². The molecule has 9 heteroatoms. The number of nitrogens with zero attached hydrogens (tertiary/aromatic N) is 3. The number of alkyl halides is 3. The van der Waals surface area contributed by atoms with Crippen molar-refractivity contribution in [3.63, 3.8) is 0 Å². The smallest absolute Gasteiger partial charge is 0.433 e. The third-order valence-corrected chi connectivity index (χ3v) is 3.78. The fraction of sp³-hybridized carbons (Fsp3) is 0.0714. The highest BCUT2D eigenvalue weighted by atomic mass is 32.1. The number of aromatic carboxylic acids is 1. The predicted molar refractivity (Wildman–Crippen MR) is 76.6 cm³/mol. The molecule has 3 aromatic rings. The molecule has 118 valence electrons. The Hall–Kier alpha value is -2.68. The van der Waals surface area contributed by atoms with E-state index in [2.05, 4.69) is 10.1 Å². The summed E-state index contributed by atoms with van der Waals surface area (Å²) in [4.78, 5) is 14.5. The Morgan fingerprint density at radius 1 is 1.22 bits per heavy atom. The van der Waals surface area contributed by atoms with Crippen LogP contribution in [0.1, 0.15) is 16.2 Å². The van der Waals surface area contributed by atoms with Gasteiger partial charge in [0.15, 0.2) is 11.4 Å². The van der Waals surface area contributed by atoms with Crippen LogP contribution < -0.4 is 0 Å². The van der Waals surface area contributed by atoms with E-state index >= 15 is 0 Å². The minimum absolute atomic E-state index is 0.130. The summed E-state index contributed by atoms with van der Waals surface area (Å²) >= 11 is 0.778. The van der Waals surface area contributed by atoms with Crippen LogP contribution in [0.4, 0.5) is 13.2 Å². The normalized spacial score (nSPS) is 11.6. The standard InChI is InChI=1S/C14H8F3N3O2S/c15-14(16,17)11-6-9(8-4-2-1-3-5-8)19-20(11)13-18-10(7-23-13)12(21)22/h1-7H,(H,21,22). The minimum atomic E-state index is -4.64. The topological polar surface area (TPSA) is 68.0 Å². The Kier molecular flexibility index (Phi) is 3.64. The highest BCUT2D eigenvalue weighted by molar-refractivity contribution is 7.12. The number of carboxylic acid groups (broad SMARTS) is 1. The van der Waals surface area contributed by atoms with Crippen molar-refractivity contribution < 1.29 is 23.1 Å². The summed E-state index contributed by atoms with van der Waals surface area (Å²) in [5, 5.41) is 13.8. The average Bonchev–Trinajstić information content (AvgIpc) is 3.14. The van der Waals surface area contributed by atoms with Gasteiger partial charge in [-0.15, -0.1) is 11.3 Å². The molecule has 0 saturated carbocycles. The van der Waals surface area contributed by atoms with Gasteiger partial charge < -0.3 is 5.11 Å². The van der Waals surface area contributed by atoms with Crippen LogP contribution in [0.15, 0.2) is 41.8 Å². The molecule has 1 aromatic carbocycles. The summed E-state index contributed by atoms with van der Waals surface area (Å²) in [5.74, 6) is -1.31. The lowest BCUT2D eigenvalue weighted by atomic mass is 10.1. The third kappa shape index (κ3) is 2.95. The molecule has 0 spiro atoms. The van der Waals surface area contributed by atoms with Crippen LogP contribution in [0.25, 0.3) is 16.4 Å². The van der Waals surface area contributed by atoms with Gasteiger partial charge in [-0.3, -0.25) is 0 Å². The lowest BCUT2D eigenvalue weighted by Gasteiger charge is -2.06. The molecule has 0 radical (unpaired) electrons. The fourth-order valence-electron chi connectivity index (χ4n) is 1.94. The number of thiazole rings is 1. The van der Waals surface area contributed by atoms with E-state index in [9.17, 15) is 18.0 Å². The van der Waals surface area contributed by atoms with Gasteiger partial charge in [0.25, 0.3) is 0 Å². The Morgan fingerprint density at radius 3 is 2.48 bits per heavy atom. The first-order chi connectivity index (χ1) is 10.9. The van der Waals surface area contributed by atoms with Gasteiger partial charge in [-0.25, -0.2) is 14.5 Å². The second kappa shape index (κ2) is 5.51. The Morgan fingerprint density at radius 2 is 1.91 bits per heavy atom. The van der Waals surface area contributed by atoms with Crippen molar-refractivity contribution in [1.82, 2.24) is 14.8 Å². The first-order valence-electron chi connectivity index (χ1n) is 6.28. The second-order valence-electron chi connectivity index (χ2n) is 4.51. The average molecular weight is 339 g/mol. The molecule has 23 heavy (non-hydrogen) atoms. The Labute approximate surface area is 131 Å². The van der Waals surface area contributed by atoms with Gasteiger partial charge in [0.2, 0.25) is 5.13 Å². The van der Waals surface area contributed by atoms with Gasteiger partial charge in [0, 0.05) is 10.9 Å². The van der Waals surface area contributed by atoms with Crippen molar-refractivity contribution in [3.8, 4) is 16.4 Å². The van der Waals surface area contributed by atoms with E-state index in [1.54, 1.807) is 30.3 Å². The molecule has 0 aliphatic carbocycles. The molecule has 0 aliphatic rings. The second-order valence-corrected chi connectivity index (χ2v) is 5.35. The molecule has 2 aromatic heterocycles. The number of halogens is 3. The largest absolute Gasteiger partial charge is 0.476 e. The summed E-state index contributed by atoms with van der Waals surface area (Å²) in [6.07, 6.45) is -4.64. The number of aromatic nitrogens is 3. The zero-order valence-corrected chi connectivity index (χ0v) is 12.1. The maximum absolute atomic E-state index is 13.2. The molecular weight excluding hydrogens is 331 g/mol. The van der Waals surface area contributed by atoms with Gasteiger partial charge in [-0.1, -0.05) is 30.3 Å². The van der Waals surface area contributed by atoms with Gasteiger partial charge in [0.1, 0.15) is 0 Å². The summed E-state index contributed by atoms with van der Waals surface area (Å²) in [7, 11) is 0. The van der Waals surface area contributed by atoms with Crippen LogP contribution in [-0.4, -0.2) is 25.8 Å². The quantitative estimate of drug-likeness (QED) is 0.790. The zero-order valence-electron chi connectivity index (χ0n) is 11.3. The first kappa shape index (κ1) is 15.2. The lowest BCUT2D eigenvalue weighted by Crippen LogP contribution is -2.13. The van der Waals surface area contributed by atoms with Crippen molar-refractivity contribution in [2.24, 2.45) is 0 Å². The maximum Gasteiger partial charge on any atom is 0.433 e. The minimum Gasteiger partial charge on any atom is -0.476 e. The summed E-state index contributed by atoms with van der Waals surface area (Å²) in [5.41, 5.74) is -0.686. The molecular formula is C14H8F3N3O2S. The molecule has 0 aliphatic heterocycles. The highest BCUT2D eigenvalue weighted by Gasteiger charge is 2.37. The molecule has 0 atom stereocenters. The maximum atomic E-state index is 13.2.